The van der Waals surface area contributed by atoms with E-state index in [1.807, 2.05) is 18.5 Å². The van der Waals surface area contributed by atoms with E-state index in [0.29, 0.717) is 5.91 Å². The zero-order valence-electron chi connectivity index (χ0n) is 13.8. The fraction of sp³-hybridized carbons (Fsp3) is 0.667. The average molecular weight is 315 g/mol. The molecule has 3 aliphatic rings. The van der Waals surface area contributed by atoms with Crippen LogP contribution >= 0.6 is 0 Å². The lowest BCUT2D eigenvalue weighted by molar-refractivity contribution is -0.134. The molecule has 1 aromatic rings. The zero-order chi connectivity index (χ0) is 15.9. The first-order valence-corrected chi connectivity index (χ1v) is 8.72. The van der Waals surface area contributed by atoms with Crippen LogP contribution in [0.5, 0.6) is 0 Å². The molecule has 1 aromatic heterocycles. The lowest BCUT2D eigenvalue weighted by Gasteiger charge is -2.37. The second kappa shape index (κ2) is 5.78. The van der Waals surface area contributed by atoms with E-state index in [2.05, 4.69) is 21.7 Å². The number of nitrogens with zero attached hydrogens (tertiary/aromatic N) is 3. The maximum absolute atomic E-state index is 12.8. The highest BCUT2D eigenvalue weighted by atomic mass is 16.5. The third-order valence-corrected chi connectivity index (χ3v) is 5.92. The largest absolute Gasteiger partial charge is 0.381 e. The Morgan fingerprint density at radius 2 is 2.00 bits per heavy atom. The summed E-state index contributed by atoms with van der Waals surface area (Å²) >= 11 is 0. The van der Waals surface area contributed by atoms with Crippen LogP contribution in [0.25, 0.3) is 0 Å². The summed E-state index contributed by atoms with van der Waals surface area (Å²) in [4.78, 5) is 21.5. The summed E-state index contributed by atoms with van der Waals surface area (Å²) in [7, 11) is 0. The smallest absolute Gasteiger partial charge is 0.226 e. The molecular formula is C18H25N3O2. The monoisotopic (exact) mass is 315 g/mol. The molecule has 1 atom stereocenters. The fourth-order valence-corrected chi connectivity index (χ4v) is 4.20. The highest BCUT2D eigenvalue weighted by molar-refractivity contribution is 5.83. The van der Waals surface area contributed by atoms with Crippen LogP contribution in [0.3, 0.4) is 0 Å². The first-order valence-electron chi connectivity index (χ1n) is 8.72. The number of aromatic nitrogens is 1. The normalized spacial score (nSPS) is 26.4. The Hall–Kier alpha value is -1.62. The minimum atomic E-state index is 0.262. The van der Waals surface area contributed by atoms with E-state index in [4.69, 9.17) is 4.74 Å². The molecule has 0 bridgehead atoms. The van der Waals surface area contributed by atoms with Gasteiger partial charge in [-0.3, -0.25) is 9.78 Å². The summed E-state index contributed by atoms with van der Waals surface area (Å²) in [6.45, 7) is 7.25. The van der Waals surface area contributed by atoms with Crippen molar-refractivity contribution in [1.82, 2.24) is 9.88 Å². The molecule has 0 aromatic carbocycles. The first-order chi connectivity index (χ1) is 11.2. The van der Waals surface area contributed by atoms with Crippen LogP contribution in [0.15, 0.2) is 18.5 Å². The number of pyridine rings is 1. The Morgan fingerprint density at radius 1 is 1.26 bits per heavy atom. The van der Waals surface area contributed by atoms with E-state index < -0.39 is 0 Å². The van der Waals surface area contributed by atoms with Gasteiger partial charge in [0.2, 0.25) is 5.91 Å². The molecule has 5 nitrogen and oxygen atoms in total. The Kier molecular flexibility index (Phi) is 3.76. The van der Waals surface area contributed by atoms with Crippen LogP contribution in [0, 0.1) is 18.3 Å². The van der Waals surface area contributed by atoms with E-state index >= 15 is 0 Å². The van der Waals surface area contributed by atoms with Crippen molar-refractivity contribution in [3.63, 3.8) is 0 Å². The number of piperazine rings is 1. The van der Waals surface area contributed by atoms with Crippen LogP contribution in [0.2, 0.25) is 0 Å². The maximum Gasteiger partial charge on any atom is 0.226 e. The van der Waals surface area contributed by atoms with Crippen molar-refractivity contribution in [2.45, 2.75) is 26.2 Å². The van der Waals surface area contributed by atoms with Crippen molar-refractivity contribution in [2.24, 2.45) is 11.3 Å². The van der Waals surface area contributed by atoms with Crippen LogP contribution in [-0.4, -0.2) is 55.2 Å². The van der Waals surface area contributed by atoms with Gasteiger partial charge in [-0.1, -0.05) is 0 Å². The minimum absolute atomic E-state index is 0.262. The van der Waals surface area contributed by atoms with Crippen molar-refractivity contribution in [3.05, 3.63) is 24.0 Å². The number of hydrogen-bond acceptors (Lipinski definition) is 4. The molecule has 5 heteroatoms. The molecule has 3 fully saturated rings. The molecule has 3 heterocycles. The van der Waals surface area contributed by atoms with Gasteiger partial charge < -0.3 is 14.5 Å². The molecule has 4 rings (SSSR count). The number of carbonyl (C=O) groups is 1. The molecule has 1 amide bonds. The number of rotatable bonds is 2. The molecule has 1 aliphatic carbocycles. The Morgan fingerprint density at radius 3 is 2.70 bits per heavy atom. The lowest BCUT2D eigenvalue weighted by Crippen LogP contribution is -2.50. The summed E-state index contributed by atoms with van der Waals surface area (Å²) < 4.78 is 5.46. The topological polar surface area (TPSA) is 45.7 Å². The molecule has 1 spiro atoms. The van der Waals surface area contributed by atoms with E-state index in [1.165, 1.54) is 11.3 Å². The molecule has 1 unspecified atom stereocenters. The Bertz CT molecular complexity index is 590. The van der Waals surface area contributed by atoms with E-state index in [1.54, 1.807) is 0 Å². The standard InChI is InChI=1S/C18H25N3O2/c1-14-2-5-19-13-16(14)20-6-8-21(9-7-20)17(22)15-12-18(15)3-10-23-11-4-18/h2,5,13,15H,3-4,6-12H2,1H3. The van der Waals surface area contributed by atoms with Gasteiger partial charge in [0.15, 0.2) is 0 Å². The van der Waals surface area contributed by atoms with Gasteiger partial charge in [0.25, 0.3) is 0 Å². The summed E-state index contributed by atoms with van der Waals surface area (Å²) in [5.74, 6) is 0.646. The van der Waals surface area contributed by atoms with Crippen LogP contribution in [-0.2, 0) is 9.53 Å². The van der Waals surface area contributed by atoms with Gasteiger partial charge in [-0.15, -0.1) is 0 Å². The quantitative estimate of drug-likeness (QED) is 0.836. The number of aryl methyl sites for hydroxylation is 1. The molecule has 124 valence electrons. The van der Waals surface area contributed by atoms with Crippen LogP contribution in [0.4, 0.5) is 5.69 Å². The molecule has 0 radical (unpaired) electrons. The van der Waals surface area contributed by atoms with Gasteiger partial charge in [0.1, 0.15) is 0 Å². The van der Waals surface area contributed by atoms with Crippen LogP contribution < -0.4 is 4.90 Å². The van der Waals surface area contributed by atoms with Crippen molar-refractivity contribution in [1.29, 1.82) is 0 Å². The van der Waals surface area contributed by atoms with E-state index in [9.17, 15) is 4.79 Å². The average Bonchev–Trinajstić information content (AvgIpc) is 3.28. The summed E-state index contributed by atoms with van der Waals surface area (Å²) in [6, 6.07) is 2.05. The molecule has 1 saturated carbocycles. The summed E-state index contributed by atoms with van der Waals surface area (Å²) in [5, 5.41) is 0. The maximum atomic E-state index is 12.8. The predicted molar refractivity (Wildman–Crippen MR) is 88.4 cm³/mol. The minimum Gasteiger partial charge on any atom is -0.381 e. The third kappa shape index (κ3) is 2.71. The number of carbonyl (C=O) groups excluding carboxylic acids is 1. The zero-order valence-corrected chi connectivity index (χ0v) is 13.8. The van der Waals surface area contributed by atoms with Crippen molar-refractivity contribution in [3.8, 4) is 0 Å². The molecule has 23 heavy (non-hydrogen) atoms. The SMILES string of the molecule is Cc1ccncc1N1CCN(C(=O)C2CC23CCOCC3)CC1. The van der Waals surface area contributed by atoms with Crippen molar-refractivity contribution in [2.75, 3.05) is 44.3 Å². The second-order valence-corrected chi connectivity index (χ2v) is 7.21. The van der Waals surface area contributed by atoms with Crippen molar-refractivity contribution >= 4 is 11.6 Å². The van der Waals surface area contributed by atoms with E-state index in [-0.39, 0.29) is 11.3 Å². The molecule has 2 saturated heterocycles. The summed E-state index contributed by atoms with van der Waals surface area (Å²) in [5.41, 5.74) is 2.74. The Balaban J connectivity index is 1.35. The Labute approximate surface area is 137 Å². The van der Waals surface area contributed by atoms with Gasteiger partial charge in [-0.25, -0.2) is 0 Å². The molecular weight excluding hydrogens is 290 g/mol. The second-order valence-electron chi connectivity index (χ2n) is 7.21. The highest BCUT2D eigenvalue weighted by Gasteiger charge is 2.58. The van der Waals surface area contributed by atoms with Gasteiger partial charge in [0, 0.05) is 51.5 Å². The fourth-order valence-electron chi connectivity index (χ4n) is 4.20. The molecule has 2 aliphatic heterocycles. The number of hydrogen-bond donors (Lipinski definition) is 0. The predicted octanol–water partition coefficient (Wildman–Crippen LogP) is 1.86. The van der Waals surface area contributed by atoms with Gasteiger partial charge >= 0.3 is 0 Å². The highest BCUT2D eigenvalue weighted by Crippen LogP contribution is 2.59. The number of amides is 1. The van der Waals surface area contributed by atoms with Gasteiger partial charge in [-0.2, -0.15) is 0 Å². The third-order valence-electron chi connectivity index (χ3n) is 5.92. The van der Waals surface area contributed by atoms with Crippen molar-refractivity contribution < 1.29 is 9.53 Å². The van der Waals surface area contributed by atoms with Gasteiger partial charge in [0.05, 0.1) is 11.9 Å². The van der Waals surface area contributed by atoms with E-state index in [0.717, 1.165) is 58.7 Å². The van der Waals surface area contributed by atoms with Gasteiger partial charge in [-0.05, 0) is 43.2 Å². The van der Waals surface area contributed by atoms with Crippen LogP contribution in [0.1, 0.15) is 24.8 Å². The first kappa shape index (κ1) is 14.9. The number of ether oxygens (including phenoxy) is 1. The lowest BCUT2D eigenvalue weighted by atomic mass is 9.93. The molecule has 0 N–H and O–H groups in total. The summed E-state index contributed by atoms with van der Waals surface area (Å²) in [6.07, 6.45) is 6.98. The number of anilines is 1.